The van der Waals surface area contributed by atoms with Gasteiger partial charge in [0.25, 0.3) is 5.91 Å². The van der Waals surface area contributed by atoms with E-state index in [1.54, 1.807) is 11.3 Å². The van der Waals surface area contributed by atoms with Gasteiger partial charge in [0.1, 0.15) is 4.88 Å². The number of fused-ring (bicyclic) bond motifs is 3. The summed E-state index contributed by atoms with van der Waals surface area (Å²) < 4.78 is 6.68. The fraction of sp³-hybridized carbons (Fsp3) is 0.280. The van der Waals surface area contributed by atoms with Crippen LogP contribution in [-0.4, -0.2) is 30.1 Å². The Labute approximate surface area is 180 Å². The highest BCUT2D eigenvalue weighted by atomic mass is 32.1. The van der Waals surface area contributed by atoms with Crippen LogP contribution in [0.3, 0.4) is 0 Å². The molecule has 2 aromatic heterocycles. The molecule has 1 N–H and O–H groups in total. The summed E-state index contributed by atoms with van der Waals surface area (Å²) in [6.45, 7) is 7.34. The molecule has 0 atom stereocenters. The Bertz CT molecular complexity index is 1180. The van der Waals surface area contributed by atoms with Crippen molar-refractivity contribution in [1.29, 1.82) is 0 Å². The lowest BCUT2D eigenvalue weighted by Gasteiger charge is -2.09. The van der Waals surface area contributed by atoms with Gasteiger partial charge < -0.3 is 10.1 Å². The standard InChI is InChI=1S/C25H26N2O2S/c1-16(2)29-13-7-12-26-25(28)24-22(18-8-5-4-6-9-18)20-15-27-21-11-10-17(3)14-19(21)23(20)30-24/h4-6,8-11,14-16H,7,12-13H2,1-3H3,(H,26,28). The lowest BCUT2D eigenvalue weighted by atomic mass is 10.0. The molecule has 0 aliphatic carbocycles. The van der Waals surface area contributed by atoms with Crippen molar-refractivity contribution in [2.75, 3.05) is 13.2 Å². The molecular weight excluding hydrogens is 392 g/mol. The van der Waals surface area contributed by atoms with Gasteiger partial charge in [-0.2, -0.15) is 0 Å². The van der Waals surface area contributed by atoms with Crippen LogP contribution in [0.5, 0.6) is 0 Å². The van der Waals surface area contributed by atoms with E-state index in [0.717, 1.165) is 43.4 Å². The maximum Gasteiger partial charge on any atom is 0.262 e. The van der Waals surface area contributed by atoms with E-state index in [4.69, 9.17) is 4.74 Å². The first-order chi connectivity index (χ1) is 14.5. The smallest absolute Gasteiger partial charge is 0.262 e. The predicted octanol–water partition coefficient (Wildman–Crippen LogP) is 5.97. The highest BCUT2D eigenvalue weighted by molar-refractivity contribution is 7.22. The first-order valence-corrected chi connectivity index (χ1v) is 11.1. The number of benzene rings is 2. The molecule has 4 nitrogen and oxygen atoms in total. The van der Waals surface area contributed by atoms with Crippen LogP contribution < -0.4 is 5.32 Å². The second-order valence-electron chi connectivity index (χ2n) is 7.72. The van der Waals surface area contributed by atoms with Crippen molar-refractivity contribution >= 4 is 38.2 Å². The number of hydrogen-bond acceptors (Lipinski definition) is 4. The number of carbonyl (C=O) groups is 1. The second kappa shape index (κ2) is 8.94. The van der Waals surface area contributed by atoms with Crippen LogP contribution in [0.1, 0.15) is 35.5 Å². The van der Waals surface area contributed by atoms with E-state index in [9.17, 15) is 4.79 Å². The molecule has 2 heterocycles. The summed E-state index contributed by atoms with van der Waals surface area (Å²) in [5.74, 6) is -0.0413. The van der Waals surface area contributed by atoms with Crippen LogP contribution in [0.15, 0.2) is 54.7 Å². The van der Waals surface area contributed by atoms with Crippen molar-refractivity contribution in [3.8, 4) is 11.1 Å². The molecule has 0 spiro atoms. The maximum atomic E-state index is 13.1. The summed E-state index contributed by atoms with van der Waals surface area (Å²) in [7, 11) is 0. The van der Waals surface area contributed by atoms with Crippen molar-refractivity contribution in [3.05, 3.63) is 65.2 Å². The van der Waals surface area contributed by atoms with Gasteiger partial charge in [-0.15, -0.1) is 11.3 Å². The Balaban J connectivity index is 1.75. The number of aromatic nitrogens is 1. The van der Waals surface area contributed by atoms with Gasteiger partial charge in [0.15, 0.2) is 0 Å². The molecule has 0 saturated carbocycles. The van der Waals surface area contributed by atoms with Crippen LogP contribution in [0.4, 0.5) is 0 Å². The van der Waals surface area contributed by atoms with Gasteiger partial charge in [0.05, 0.1) is 11.6 Å². The molecule has 0 bridgehead atoms. The Morgan fingerprint density at radius 2 is 1.93 bits per heavy atom. The van der Waals surface area contributed by atoms with Crippen LogP contribution in [0.2, 0.25) is 0 Å². The Morgan fingerprint density at radius 3 is 2.70 bits per heavy atom. The lowest BCUT2D eigenvalue weighted by Crippen LogP contribution is -2.25. The van der Waals surface area contributed by atoms with E-state index < -0.39 is 0 Å². The zero-order chi connectivity index (χ0) is 21.1. The molecule has 0 aliphatic rings. The Kier molecular flexibility index (Phi) is 6.11. The molecule has 0 fully saturated rings. The average molecular weight is 419 g/mol. The number of nitrogens with one attached hydrogen (secondary N) is 1. The van der Waals surface area contributed by atoms with E-state index in [0.29, 0.717) is 13.2 Å². The normalized spacial score (nSPS) is 11.5. The minimum Gasteiger partial charge on any atom is -0.379 e. The molecule has 1 amide bonds. The second-order valence-corrected chi connectivity index (χ2v) is 8.74. The van der Waals surface area contributed by atoms with Gasteiger partial charge >= 0.3 is 0 Å². The van der Waals surface area contributed by atoms with Crippen molar-refractivity contribution in [2.24, 2.45) is 0 Å². The molecule has 2 aromatic carbocycles. The SMILES string of the molecule is Cc1ccc2ncc3c(-c4ccccc4)c(C(=O)NCCCOC(C)C)sc3c2c1. The summed E-state index contributed by atoms with van der Waals surface area (Å²) in [6.07, 6.45) is 2.90. The minimum absolute atomic E-state index is 0.0413. The minimum atomic E-state index is -0.0413. The van der Waals surface area contributed by atoms with Gasteiger partial charge in [-0.25, -0.2) is 0 Å². The third kappa shape index (κ3) is 4.23. The number of nitrogens with zero attached hydrogens (tertiary/aromatic N) is 1. The third-order valence-corrected chi connectivity index (χ3v) is 6.24. The molecule has 4 aromatic rings. The van der Waals surface area contributed by atoms with Gasteiger partial charge in [-0.05, 0) is 44.9 Å². The summed E-state index contributed by atoms with van der Waals surface area (Å²) in [5, 5.41) is 5.20. The quantitative estimate of drug-likeness (QED) is 0.376. The highest BCUT2D eigenvalue weighted by Crippen LogP contribution is 2.41. The number of rotatable bonds is 7. The molecule has 0 saturated heterocycles. The molecule has 0 aliphatic heterocycles. The molecule has 4 rings (SSSR count). The lowest BCUT2D eigenvalue weighted by molar-refractivity contribution is 0.0757. The topological polar surface area (TPSA) is 51.2 Å². The van der Waals surface area contributed by atoms with Crippen LogP contribution >= 0.6 is 11.3 Å². The zero-order valence-electron chi connectivity index (χ0n) is 17.6. The number of amides is 1. The summed E-state index contributed by atoms with van der Waals surface area (Å²) >= 11 is 1.55. The van der Waals surface area contributed by atoms with Crippen molar-refractivity contribution in [3.63, 3.8) is 0 Å². The van der Waals surface area contributed by atoms with Crippen molar-refractivity contribution in [2.45, 2.75) is 33.3 Å². The van der Waals surface area contributed by atoms with Crippen LogP contribution in [-0.2, 0) is 4.74 Å². The number of ether oxygens (including phenoxy) is 1. The molecule has 30 heavy (non-hydrogen) atoms. The molecule has 0 radical (unpaired) electrons. The number of hydrogen-bond donors (Lipinski definition) is 1. The van der Waals surface area contributed by atoms with Crippen LogP contribution in [0.25, 0.3) is 32.1 Å². The molecule has 0 unspecified atom stereocenters. The monoisotopic (exact) mass is 418 g/mol. The van der Waals surface area contributed by atoms with Crippen molar-refractivity contribution in [1.82, 2.24) is 10.3 Å². The fourth-order valence-electron chi connectivity index (χ4n) is 3.57. The number of pyridine rings is 1. The molecular formula is C25H26N2O2S. The largest absolute Gasteiger partial charge is 0.379 e. The first-order valence-electron chi connectivity index (χ1n) is 10.3. The van der Waals surface area contributed by atoms with Gasteiger partial charge in [0.2, 0.25) is 0 Å². The summed E-state index contributed by atoms with van der Waals surface area (Å²) in [6, 6.07) is 16.4. The van der Waals surface area contributed by atoms with E-state index in [1.165, 1.54) is 5.56 Å². The van der Waals surface area contributed by atoms with Crippen LogP contribution in [0, 0.1) is 6.92 Å². The van der Waals surface area contributed by atoms with Gasteiger partial charge in [-0.3, -0.25) is 9.78 Å². The summed E-state index contributed by atoms with van der Waals surface area (Å²) in [4.78, 5) is 18.6. The van der Waals surface area contributed by atoms with E-state index >= 15 is 0 Å². The number of thiophene rings is 1. The van der Waals surface area contributed by atoms with E-state index in [1.807, 2.05) is 44.3 Å². The van der Waals surface area contributed by atoms with Gasteiger partial charge in [0, 0.05) is 40.4 Å². The molecule has 154 valence electrons. The summed E-state index contributed by atoms with van der Waals surface area (Å²) in [5.41, 5.74) is 4.13. The number of aryl methyl sites for hydroxylation is 1. The van der Waals surface area contributed by atoms with Crippen molar-refractivity contribution < 1.29 is 9.53 Å². The van der Waals surface area contributed by atoms with E-state index in [-0.39, 0.29) is 12.0 Å². The Morgan fingerprint density at radius 1 is 1.13 bits per heavy atom. The van der Waals surface area contributed by atoms with E-state index in [2.05, 4.69) is 41.5 Å². The molecule has 5 heteroatoms. The third-order valence-electron chi connectivity index (χ3n) is 5.00. The highest BCUT2D eigenvalue weighted by Gasteiger charge is 2.21. The van der Waals surface area contributed by atoms with Gasteiger partial charge in [-0.1, -0.05) is 42.0 Å². The Hall–Kier alpha value is -2.76. The fourth-order valence-corrected chi connectivity index (χ4v) is 4.81. The first kappa shape index (κ1) is 20.5. The maximum absolute atomic E-state index is 13.1. The zero-order valence-corrected chi connectivity index (χ0v) is 18.4. The average Bonchev–Trinajstić information content (AvgIpc) is 3.14. The number of carbonyl (C=O) groups excluding carboxylic acids is 1. The predicted molar refractivity (Wildman–Crippen MR) is 125 cm³/mol.